The number of morpholine rings is 1. The van der Waals surface area contributed by atoms with Crippen LogP contribution in [-0.2, 0) is 11.4 Å². The van der Waals surface area contributed by atoms with Crippen LogP contribution in [0, 0.1) is 11.8 Å². The van der Waals surface area contributed by atoms with E-state index in [4.69, 9.17) is 21.4 Å². The van der Waals surface area contributed by atoms with Gasteiger partial charge >= 0.3 is 0 Å². The molecule has 2 aromatic rings. The molecule has 0 radical (unpaired) electrons. The molecule has 0 amide bonds. The molecule has 0 aliphatic carbocycles. The number of hydrogen-bond donors (Lipinski definition) is 1. The van der Waals surface area contributed by atoms with Crippen LogP contribution in [0.3, 0.4) is 0 Å². The molecule has 1 saturated heterocycles. The van der Waals surface area contributed by atoms with E-state index in [2.05, 4.69) is 25.9 Å². The van der Waals surface area contributed by atoms with Crippen molar-refractivity contribution in [2.75, 3.05) is 13.1 Å². The molecule has 118 valence electrons. The minimum absolute atomic E-state index is 0.261. The van der Waals surface area contributed by atoms with Crippen LogP contribution in [0.5, 0.6) is 0 Å². The molecule has 0 saturated carbocycles. The van der Waals surface area contributed by atoms with Crippen LogP contribution >= 0.6 is 12.2 Å². The molecule has 0 spiro atoms. The quantitative estimate of drug-likeness (QED) is 0.877. The molecule has 3 rings (SSSR count). The zero-order valence-electron chi connectivity index (χ0n) is 13.2. The Morgan fingerprint density at radius 1 is 1.23 bits per heavy atom. The second kappa shape index (κ2) is 6.32. The lowest BCUT2D eigenvalue weighted by atomic mass is 10.1. The third kappa shape index (κ3) is 3.45. The van der Waals surface area contributed by atoms with E-state index >= 15 is 0 Å². The van der Waals surface area contributed by atoms with Crippen molar-refractivity contribution in [3.63, 3.8) is 0 Å². The monoisotopic (exact) mass is 320 g/mol. The molecule has 5 nitrogen and oxygen atoms in total. The molecule has 6 heteroatoms. The smallest absolute Gasteiger partial charge is 0.292 e. The molecule has 1 aromatic carbocycles. The molecule has 1 N–H and O–H groups in total. The predicted octanol–water partition coefficient (Wildman–Crippen LogP) is 1.83. The SMILES string of the molecule is Cc1ccc(-c2nn(C[NH+]3C[C@@H](C)O[C@@H](C)C3)c(=S)o2)cc1. The molecule has 2 heterocycles. The second-order valence-electron chi connectivity index (χ2n) is 6.11. The molecule has 1 aromatic heterocycles. The molecule has 1 aliphatic rings. The second-order valence-corrected chi connectivity index (χ2v) is 6.46. The number of benzene rings is 1. The Morgan fingerprint density at radius 2 is 1.86 bits per heavy atom. The van der Waals surface area contributed by atoms with Gasteiger partial charge in [0.1, 0.15) is 25.3 Å². The van der Waals surface area contributed by atoms with Gasteiger partial charge in [-0.1, -0.05) is 17.7 Å². The summed E-state index contributed by atoms with van der Waals surface area (Å²) in [6.07, 6.45) is 0.521. The zero-order valence-corrected chi connectivity index (χ0v) is 14.0. The molecule has 22 heavy (non-hydrogen) atoms. The molecule has 1 unspecified atom stereocenters. The minimum atomic E-state index is 0.261. The Labute approximate surface area is 135 Å². The number of aromatic nitrogens is 2. The lowest BCUT2D eigenvalue weighted by Crippen LogP contribution is -3.14. The van der Waals surface area contributed by atoms with Crippen molar-refractivity contribution in [2.45, 2.75) is 39.6 Å². The summed E-state index contributed by atoms with van der Waals surface area (Å²) in [6, 6.07) is 8.10. The summed E-state index contributed by atoms with van der Waals surface area (Å²) in [5.41, 5.74) is 2.16. The lowest BCUT2D eigenvalue weighted by molar-refractivity contribution is -0.937. The van der Waals surface area contributed by atoms with Gasteiger partial charge in [0.25, 0.3) is 4.84 Å². The van der Waals surface area contributed by atoms with Gasteiger partial charge in [0.15, 0.2) is 6.67 Å². The topological polar surface area (TPSA) is 44.6 Å². The molecule has 1 aliphatic heterocycles. The van der Waals surface area contributed by atoms with Gasteiger partial charge < -0.3 is 14.1 Å². The van der Waals surface area contributed by atoms with Crippen LogP contribution in [0.15, 0.2) is 28.7 Å². The molecule has 3 atom stereocenters. The highest BCUT2D eigenvalue weighted by Crippen LogP contribution is 2.17. The molecule has 1 fully saturated rings. The van der Waals surface area contributed by atoms with Crippen molar-refractivity contribution in [1.82, 2.24) is 9.78 Å². The highest BCUT2D eigenvalue weighted by Gasteiger charge is 2.26. The van der Waals surface area contributed by atoms with E-state index in [9.17, 15) is 0 Å². The van der Waals surface area contributed by atoms with Crippen molar-refractivity contribution in [2.24, 2.45) is 0 Å². The van der Waals surface area contributed by atoms with E-state index in [0.717, 1.165) is 18.7 Å². The van der Waals surface area contributed by atoms with Crippen LogP contribution < -0.4 is 4.90 Å². The predicted molar refractivity (Wildman–Crippen MR) is 86.2 cm³/mol. The summed E-state index contributed by atoms with van der Waals surface area (Å²) in [7, 11) is 0. The third-order valence-corrected chi connectivity index (χ3v) is 4.19. The number of nitrogens with zero attached hydrogens (tertiary/aromatic N) is 2. The molecular formula is C16H22N3O2S+. The van der Waals surface area contributed by atoms with Crippen LogP contribution in [0.2, 0.25) is 0 Å². The number of quaternary nitrogens is 1. The van der Waals surface area contributed by atoms with E-state index in [1.165, 1.54) is 10.5 Å². The Kier molecular flexibility index (Phi) is 4.42. The Morgan fingerprint density at radius 3 is 2.50 bits per heavy atom. The first-order chi connectivity index (χ1) is 10.5. The van der Waals surface area contributed by atoms with Gasteiger partial charge in [0.05, 0.1) is 0 Å². The van der Waals surface area contributed by atoms with Gasteiger partial charge in [0.2, 0.25) is 5.89 Å². The fraction of sp³-hybridized carbons (Fsp3) is 0.500. The average molecular weight is 320 g/mol. The number of aryl methyl sites for hydroxylation is 1. The van der Waals surface area contributed by atoms with Crippen molar-refractivity contribution >= 4 is 12.2 Å². The first kappa shape index (κ1) is 15.4. The minimum Gasteiger partial charge on any atom is -0.409 e. The molecular weight excluding hydrogens is 298 g/mol. The average Bonchev–Trinajstić information content (AvgIpc) is 2.80. The summed E-state index contributed by atoms with van der Waals surface area (Å²) < 4.78 is 13.2. The normalized spacial score (nSPS) is 25.3. The lowest BCUT2D eigenvalue weighted by Gasteiger charge is -2.31. The highest BCUT2D eigenvalue weighted by atomic mass is 32.1. The standard InChI is InChI=1S/C16H21N3O2S/c1-11-4-6-14(7-5-11)15-17-19(16(22)21-15)10-18-8-12(2)20-13(3)9-18/h4-7,12-13H,8-10H2,1-3H3/p+1/t12-,13+. The third-order valence-electron chi connectivity index (χ3n) is 3.90. The van der Waals surface area contributed by atoms with Crippen molar-refractivity contribution < 1.29 is 14.1 Å². The van der Waals surface area contributed by atoms with Gasteiger partial charge in [-0.25, -0.2) is 0 Å². The highest BCUT2D eigenvalue weighted by molar-refractivity contribution is 7.71. The summed E-state index contributed by atoms with van der Waals surface area (Å²) >= 11 is 5.32. The summed E-state index contributed by atoms with van der Waals surface area (Å²) in [6.45, 7) is 8.90. The van der Waals surface area contributed by atoms with E-state index in [1.807, 2.05) is 24.3 Å². The van der Waals surface area contributed by atoms with E-state index < -0.39 is 0 Å². The first-order valence-corrected chi connectivity index (χ1v) is 8.06. The maximum Gasteiger partial charge on any atom is 0.292 e. The van der Waals surface area contributed by atoms with Gasteiger partial charge in [-0.3, -0.25) is 0 Å². The summed E-state index contributed by atoms with van der Waals surface area (Å²) in [4.78, 5) is 1.83. The zero-order chi connectivity index (χ0) is 15.7. The maximum absolute atomic E-state index is 5.77. The largest absolute Gasteiger partial charge is 0.409 e. The first-order valence-electron chi connectivity index (χ1n) is 7.65. The van der Waals surface area contributed by atoms with Crippen molar-refractivity contribution in [3.8, 4) is 11.5 Å². The van der Waals surface area contributed by atoms with E-state index in [0.29, 0.717) is 17.4 Å². The van der Waals surface area contributed by atoms with Crippen LogP contribution in [0.4, 0.5) is 0 Å². The number of nitrogens with one attached hydrogen (secondary N) is 1. The van der Waals surface area contributed by atoms with Crippen LogP contribution in [0.25, 0.3) is 11.5 Å². The van der Waals surface area contributed by atoms with E-state index in [1.54, 1.807) is 4.68 Å². The Bertz CT molecular complexity index is 682. The van der Waals surface area contributed by atoms with Gasteiger partial charge in [-0.2, -0.15) is 4.68 Å². The van der Waals surface area contributed by atoms with Gasteiger partial charge in [0, 0.05) is 5.56 Å². The number of ether oxygens (including phenoxy) is 1. The van der Waals surface area contributed by atoms with Crippen molar-refractivity contribution in [1.29, 1.82) is 0 Å². The Hall–Kier alpha value is -1.50. The summed E-state index contributed by atoms with van der Waals surface area (Å²) in [5, 5.41) is 4.54. The maximum atomic E-state index is 5.77. The van der Waals surface area contributed by atoms with Crippen LogP contribution in [0.1, 0.15) is 19.4 Å². The fourth-order valence-corrected chi connectivity index (χ4v) is 3.13. The fourth-order valence-electron chi connectivity index (χ4n) is 2.95. The van der Waals surface area contributed by atoms with Gasteiger partial charge in [-0.05, 0) is 45.1 Å². The van der Waals surface area contributed by atoms with E-state index in [-0.39, 0.29) is 12.2 Å². The van der Waals surface area contributed by atoms with Gasteiger partial charge in [-0.15, -0.1) is 5.10 Å². The summed E-state index contributed by atoms with van der Waals surface area (Å²) in [5.74, 6) is 0.582. The van der Waals surface area contributed by atoms with Crippen LogP contribution in [-0.4, -0.2) is 35.1 Å². The Balaban J connectivity index is 1.78. The number of hydrogen-bond acceptors (Lipinski definition) is 4. The van der Waals surface area contributed by atoms with Crippen molar-refractivity contribution in [3.05, 3.63) is 34.7 Å². The molecule has 0 bridgehead atoms. The number of rotatable bonds is 3.